The van der Waals surface area contributed by atoms with Crippen LogP contribution in [-0.4, -0.2) is 50.3 Å². The predicted octanol–water partition coefficient (Wildman–Crippen LogP) is 7.06. The highest BCUT2D eigenvalue weighted by Crippen LogP contribution is 2.37. The molecule has 10 nitrogen and oxygen atoms in total. The quantitative estimate of drug-likeness (QED) is 0.169. The predicted molar refractivity (Wildman–Crippen MR) is 178 cm³/mol. The molecule has 0 bridgehead atoms. The Morgan fingerprint density at radius 1 is 1.09 bits per heavy atom. The maximum absolute atomic E-state index is 11.4. The minimum absolute atomic E-state index is 0.264. The number of nitriles is 1. The molecule has 0 spiro atoms. The summed E-state index contributed by atoms with van der Waals surface area (Å²) in [5, 5.41) is 23.4. The summed E-state index contributed by atoms with van der Waals surface area (Å²) in [4.78, 5) is 38.9. The molecule has 6 aromatic rings. The number of likely N-dealkylation sites (tertiary alicyclic amines) is 1. The fourth-order valence-electron chi connectivity index (χ4n) is 6.39. The van der Waals surface area contributed by atoms with E-state index in [-0.39, 0.29) is 11.5 Å². The van der Waals surface area contributed by atoms with Crippen molar-refractivity contribution >= 4 is 45.8 Å². The molecule has 1 fully saturated rings. The molecule has 0 saturated carbocycles. The second-order valence-electron chi connectivity index (χ2n) is 11.9. The van der Waals surface area contributed by atoms with Gasteiger partial charge in [-0.1, -0.05) is 24.3 Å². The van der Waals surface area contributed by atoms with Gasteiger partial charge in [-0.25, -0.2) is 9.97 Å². The van der Waals surface area contributed by atoms with Crippen molar-refractivity contribution in [2.45, 2.75) is 26.8 Å². The van der Waals surface area contributed by atoms with Crippen molar-refractivity contribution in [3.63, 3.8) is 0 Å². The lowest BCUT2D eigenvalue weighted by Crippen LogP contribution is -2.22. The minimum atomic E-state index is -0.735. The average Bonchev–Trinajstić information content (AvgIpc) is 3.73. The molecule has 3 aromatic carbocycles. The van der Waals surface area contributed by atoms with Crippen molar-refractivity contribution in [1.82, 2.24) is 19.9 Å². The van der Waals surface area contributed by atoms with Gasteiger partial charge in [0, 0.05) is 47.7 Å². The molecule has 0 aliphatic carbocycles. The first kappa shape index (κ1) is 29.8. The molecule has 10 heteroatoms. The second-order valence-corrected chi connectivity index (χ2v) is 11.9. The Kier molecular flexibility index (Phi) is 7.67. The summed E-state index contributed by atoms with van der Waals surface area (Å²) in [5.41, 5.74) is 8.89. The number of hydrogen-bond donors (Lipinski definition) is 2. The number of aliphatic carboxylic acids is 1. The van der Waals surface area contributed by atoms with Crippen LogP contribution in [0.15, 0.2) is 77.5 Å². The standard InChI is InChI=1S/C37H30N6O4/c1-21-28(5-3-7-30(21)36-42-32-15-23(20-44)13-27(16-38)34(32)47-36)29-6-4-8-31(22(29)2)41-35-33-25(9-11-39-35)14-24(17-40-33)18-43-12-10-26(19-43)37(45)46/h3-9,11,13-15,17,20,26H,10,12,18-19H2,1-2H3,(H,39,41)(H,45,46)/t26-/m1/s1. The van der Waals surface area contributed by atoms with Crippen molar-refractivity contribution in [2.75, 3.05) is 18.4 Å². The Morgan fingerprint density at radius 2 is 1.87 bits per heavy atom. The molecule has 1 saturated heterocycles. The van der Waals surface area contributed by atoms with E-state index in [2.05, 4.69) is 51.4 Å². The van der Waals surface area contributed by atoms with Crippen LogP contribution in [-0.2, 0) is 11.3 Å². The van der Waals surface area contributed by atoms with E-state index in [1.54, 1.807) is 12.3 Å². The lowest BCUT2D eigenvalue weighted by molar-refractivity contribution is -0.141. The number of carbonyl (C=O) groups excluding carboxylic acids is 1. The molecular formula is C37H30N6O4. The van der Waals surface area contributed by atoms with Crippen LogP contribution in [0.1, 0.15) is 39.0 Å². The normalized spacial score (nSPS) is 14.8. The number of nitrogens with zero attached hydrogens (tertiary/aromatic N) is 5. The Bertz CT molecular complexity index is 2250. The number of fused-ring (bicyclic) bond motifs is 2. The van der Waals surface area contributed by atoms with E-state index in [0.717, 1.165) is 56.5 Å². The molecule has 3 aromatic heterocycles. The van der Waals surface area contributed by atoms with Gasteiger partial charge in [0.1, 0.15) is 23.4 Å². The number of oxazole rings is 1. The average molecular weight is 623 g/mol. The summed E-state index contributed by atoms with van der Waals surface area (Å²) in [5.74, 6) is -0.0310. The van der Waals surface area contributed by atoms with Crippen LogP contribution in [0.4, 0.5) is 11.5 Å². The van der Waals surface area contributed by atoms with Gasteiger partial charge in [0.15, 0.2) is 11.4 Å². The third-order valence-corrected chi connectivity index (χ3v) is 8.89. The molecule has 4 heterocycles. The molecular weight excluding hydrogens is 592 g/mol. The lowest BCUT2D eigenvalue weighted by Gasteiger charge is -2.17. The molecule has 232 valence electrons. The smallest absolute Gasteiger partial charge is 0.307 e. The van der Waals surface area contributed by atoms with Crippen LogP contribution in [0.3, 0.4) is 0 Å². The summed E-state index contributed by atoms with van der Waals surface area (Å²) < 4.78 is 6.08. The first-order chi connectivity index (χ1) is 22.8. The Balaban J connectivity index is 1.18. The number of rotatable bonds is 8. The molecule has 1 aliphatic rings. The second kappa shape index (κ2) is 12.1. The first-order valence-electron chi connectivity index (χ1n) is 15.3. The van der Waals surface area contributed by atoms with Crippen molar-refractivity contribution in [3.8, 4) is 28.7 Å². The van der Waals surface area contributed by atoms with E-state index < -0.39 is 5.97 Å². The van der Waals surface area contributed by atoms with Gasteiger partial charge in [-0.15, -0.1) is 0 Å². The topological polar surface area (TPSA) is 145 Å². The zero-order chi connectivity index (χ0) is 32.7. The van der Waals surface area contributed by atoms with Crippen molar-refractivity contribution in [2.24, 2.45) is 5.92 Å². The maximum Gasteiger partial charge on any atom is 0.307 e. The molecule has 1 atom stereocenters. The number of hydrogen-bond acceptors (Lipinski definition) is 9. The number of carbonyl (C=O) groups is 2. The van der Waals surface area contributed by atoms with Gasteiger partial charge in [0.25, 0.3) is 0 Å². The number of aromatic nitrogens is 3. The van der Waals surface area contributed by atoms with Gasteiger partial charge in [-0.3, -0.25) is 19.5 Å². The fraction of sp³-hybridized carbons (Fsp3) is 0.189. The van der Waals surface area contributed by atoms with E-state index in [1.165, 1.54) is 6.07 Å². The molecule has 0 amide bonds. The summed E-state index contributed by atoms with van der Waals surface area (Å²) in [6.45, 7) is 6.03. The zero-order valence-electron chi connectivity index (χ0n) is 25.8. The van der Waals surface area contributed by atoms with E-state index in [9.17, 15) is 20.0 Å². The van der Waals surface area contributed by atoms with Crippen LogP contribution in [0, 0.1) is 31.1 Å². The third kappa shape index (κ3) is 5.58. The molecule has 47 heavy (non-hydrogen) atoms. The maximum atomic E-state index is 11.4. The molecule has 7 rings (SSSR count). The zero-order valence-corrected chi connectivity index (χ0v) is 25.8. The highest BCUT2D eigenvalue weighted by molar-refractivity contribution is 5.92. The third-order valence-electron chi connectivity index (χ3n) is 8.89. The van der Waals surface area contributed by atoms with Crippen molar-refractivity contribution in [1.29, 1.82) is 5.26 Å². The molecule has 1 aliphatic heterocycles. The van der Waals surface area contributed by atoms with Gasteiger partial charge in [0.05, 0.1) is 11.5 Å². The number of benzene rings is 3. The highest BCUT2D eigenvalue weighted by Gasteiger charge is 2.28. The Hall–Kier alpha value is -5.92. The number of carboxylic acids is 1. The number of pyridine rings is 2. The number of nitrogens with one attached hydrogen (secondary N) is 1. The van der Waals surface area contributed by atoms with Gasteiger partial charge in [-0.05, 0) is 91.0 Å². The van der Waals surface area contributed by atoms with Gasteiger partial charge >= 0.3 is 5.97 Å². The monoisotopic (exact) mass is 622 g/mol. The SMILES string of the molecule is Cc1c(Nc2nccc3cc(CN4CC[C@@H](C(=O)O)C4)cnc23)cccc1-c1cccc(-c2nc3cc(C=O)cc(C#N)c3o2)c1C. The van der Waals surface area contributed by atoms with E-state index in [1.807, 2.05) is 43.5 Å². The number of carboxylic acid groups (broad SMARTS) is 1. The first-order valence-corrected chi connectivity index (χ1v) is 15.3. The van der Waals surface area contributed by atoms with Crippen molar-refractivity contribution < 1.29 is 19.1 Å². The van der Waals surface area contributed by atoms with Crippen molar-refractivity contribution in [3.05, 3.63) is 101 Å². The summed E-state index contributed by atoms with van der Waals surface area (Å²) in [6, 6.07) is 21.2. The van der Waals surface area contributed by atoms with Gasteiger partial charge < -0.3 is 14.8 Å². The lowest BCUT2D eigenvalue weighted by atomic mass is 9.93. The van der Waals surface area contributed by atoms with Crippen LogP contribution in [0.25, 0.3) is 44.6 Å². The molecule has 2 N–H and O–H groups in total. The summed E-state index contributed by atoms with van der Waals surface area (Å²) in [7, 11) is 0. The fourth-order valence-corrected chi connectivity index (χ4v) is 6.39. The van der Waals surface area contributed by atoms with Gasteiger partial charge in [-0.2, -0.15) is 5.26 Å². The van der Waals surface area contributed by atoms with E-state index >= 15 is 0 Å². The number of anilines is 2. The van der Waals surface area contributed by atoms with Crippen LogP contribution >= 0.6 is 0 Å². The van der Waals surface area contributed by atoms with Crippen LogP contribution < -0.4 is 5.32 Å². The van der Waals surface area contributed by atoms with Crippen LogP contribution in [0.2, 0.25) is 0 Å². The minimum Gasteiger partial charge on any atom is -0.481 e. The highest BCUT2D eigenvalue weighted by atomic mass is 16.4. The summed E-state index contributed by atoms with van der Waals surface area (Å²) in [6.07, 6.45) is 4.96. The largest absolute Gasteiger partial charge is 0.481 e. The molecule has 0 unspecified atom stereocenters. The number of aldehydes is 1. The molecule has 0 radical (unpaired) electrons. The van der Waals surface area contributed by atoms with Gasteiger partial charge in [0.2, 0.25) is 5.89 Å². The van der Waals surface area contributed by atoms with E-state index in [4.69, 9.17) is 9.40 Å². The summed E-state index contributed by atoms with van der Waals surface area (Å²) >= 11 is 0. The van der Waals surface area contributed by atoms with E-state index in [0.29, 0.717) is 54.2 Å². The Labute approximate surface area is 270 Å². The Morgan fingerprint density at radius 3 is 2.64 bits per heavy atom. The van der Waals surface area contributed by atoms with Crippen LogP contribution in [0.5, 0.6) is 0 Å².